The van der Waals surface area contributed by atoms with E-state index in [-0.39, 0.29) is 0 Å². The van der Waals surface area contributed by atoms with Gasteiger partial charge in [-0.1, -0.05) is 18.5 Å². The zero-order valence-electron chi connectivity index (χ0n) is 7.84. The van der Waals surface area contributed by atoms with Crippen molar-refractivity contribution in [3.63, 3.8) is 0 Å². The Bertz CT molecular complexity index is 335. The predicted molar refractivity (Wildman–Crippen MR) is 51.6 cm³/mol. The Kier molecular flexibility index (Phi) is 3.32. The average Bonchev–Trinajstić information content (AvgIpc) is 2.45. The molecule has 0 N–H and O–H groups in total. The van der Waals surface area contributed by atoms with Crippen LogP contribution in [0.5, 0.6) is 0 Å². The largest absolute Gasteiger partial charge is 0.267 e. The van der Waals surface area contributed by atoms with Crippen molar-refractivity contribution in [2.45, 2.75) is 33.2 Å². The van der Waals surface area contributed by atoms with Gasteiger partial charge in [0, 0.05) is 6.54 Å². The van der Waals surface area contributed by atoms with Crippen molar-refractivity contribution in [1.82, 2.24) is 9.78 Å². The second-order valence-corrected chi connectivity index (χ2v) is 3.09. The van der Waals surface area contributed by atoms with Crippen LogP contribution in [-0.2, 0) is 19.4 Å². The van der Waals surface area contributed by atoms with E-state index in [9.17, 15) is 0 Å². The number of halogens is 1. The monoisotopic (exact) mass is 197 g/mol. The Balaban J connectivity index is 3.14. The Morgan fingerprint density at radius 3 is 2.69 bits per heavy atom. The summed E-state index contributed by atoms with van der Waals surface area (Å²) in [5.74, 6) is 0. The highest BCUT2D eigenvalue weighted by Gasteiger charge is 2.12. The summed E-state index contributed by atoms with van der Waals surface area (Å²) in [5.41, 5.74) is 1.72. The number of aryl methyl sites for hydroxylation is 2. The van der Waals surface area contributed by atoms with Gasteiger partial charge in [-0.05, 0) is 13.3 Å². The lowest BCUT2D eigenvalue weighted by molar-refractivity contribution is 0.624. The standard InChI is InChI=1S/C9H12ClN3/c1-3-7-9(10)8(5-6-11)13(4-2)12-7/h3-5H2,1-2H3. The molecule has 0 saturated heterocycles. The molecule has 3 nitrogen and oxygen atoms in total. The van der Waals surface area contributed by atoms with Crippen LogP contribution in [0.1, 0.15) is 25.2 Å². The van der Waals surface area contributed by atoms with E-state index in [1.807, 2.05) is 13.8 Å². The number of hydrogen-bond donors (Lipinski definition) is 0. The molecule has 0 saturated carbocycles. The molecule has 0 aromatic carbocycles. The maximum Gasteiger partial charge on any atom is 0.0860 e. The van der Waals surface area contributed by atoms with E-state index < -0.39 is 0 Å². The Morgan fingerprint density at radius 1 is 1.54 bits per heavy atom. The summed E-state index contributed by atoms with van der Waals surface area (Å²) in [4.78, 5) is 0. The number of nitriles is 1. The number of aromatic nitrogens is 2. The summed E-state index contributed by atoms with van der Waals surface area (Å²) < 4.78 is 1.80. The molecule has 0 amide bonds. The zero-order chi connectivity index (χ0) is 9.84. The highest BCUT2D eigenvalue weighted by Crippen LogP contribution is 2.21. The van der Waals surface area contributed by atoms with Crippen LogP contribution >= 0.6 is 11.6 Å². The van der Waals surface area contributed by atoms with Crippen molar-refractivity contribution < 1.29 is 0 Å². The summed E-state index contributed by atoms with van der Waals surface area (Å²) in [5, 5.41) is 13.6. The topological polar surface area (TPSA) is 41.6 Å². The van der Waals surface area contributed by atoms with Gasteiger partial charge < -0.3 is 0 Å². The molecule has 0 fully saturated rings. The molecule has 13 heavy (non-hydrogen) atoms. The molecule has 0 unspecified atom stereocenters. The van der Waals surface area contributed by atoms with Crippen molar-refractivity contribution >= 4 is 11.6 Å². The van der Waals surface area contributed by atoms with Gasteiger partial charge >= 0.3 is 0 Å². The summed E-state index contributed by atoms with van der Waals surface area (Å²) in [7, 11) is 0. The van der Waals surface area contributed by atoms with E-state index in [1.54, 1.807) is 4.68 Å². The van der Waals surface area contributed by atoms with Crippen LogP contribution in [0, 0.1) is 11.3 Å². The van der Waals surface area contributed by atoms with Crippen molar-refractivity contribution in [2.24, 2.45) is 0 Å². The minimum absolute atomic E-state index is 0.333. The highest BCUT2D eigenvalue weighted by atomic mass is 35.5. The fourth-order valence-corrected chi connectivity index (χ4v) is 1.60. The molecule has 1 rings (SSSR count). The summed E-state index contributed by atoms with van der Waals surface area (Å²) in [6.07, 6.45) is 1.14. The Hall–Kier alpha value is -1.01. The lowest BCUT2D eigenvalue weighted by Gasteiger charge is -1.98. The van der Waals surface area contributed by atoms with Gasteiger partial charge in [0.15, 0.2) is 0 Å². The third-order valence-electron chi connectivity index (χ3n) is 1.94. The molecular weight excluding hydrogens is 186 g/mol. The van der Waals surface area contributed by atoms with Gasteiger partial charge in [-0.15, -0.1) is 0 Å². The molecule has 0 radical (unpaired) electrons. The van der Waals surface area contributed by atoms with Crippen LogP contribution in [0.25, 0.3) is 0 Å². The van der Waals surface area contributed by atoms with Crippen LogP contribution in [-0.4, -0.2) is 9.78 Å². The van der Waals surface area contributed by atoms with Gasteiger partial charge in [-0.2, -0.15) is 10.4 Å². The third kappa shape index (κ3) is 1.84. The van der Waals surface area contributed by atoms with Gasteiger partial charge in [-0.3, -0.25) is 4.68 Å². The Labute approximate surface area is 82.9 Å². The van der Waals surface area contributed by atoms with Crippen LogP contribution in [0.4, 0.5) is 0 Å². The lowest BCUT2D eigenvalue weighted by Crippen LogP contribution is -2.02. The smallest absolute Gasteiger partial charge is 0.0860 e. The molecule has 1 aromatic rings. The number of hydrogen-bond acceptors (Lipinski definition) is 2. The molecule has 70 valence electrons. The molecule has 1 heterocycles. The lowest BCUT2D eigenvalue weighted by atomic mass is 10.2. The molecule has 0 atom stereocenters. The molecule has 0 bridgehead atoms. The summed E-state index contributed by atoms with van der Waals surface area (Å²) in [6, 6.07) is 2.09. The van der Waals surface area contributed by atoms with Crippen LogP contribution < -0.4 is 0 Å². The first kappa shape index (κ1) is 10.1. The second kappa shape index (κ2) is 4.29. The van der Waals surface area contributed by atoms with Crippen molar-refractivity contribution in [1.29, 1.82) is 5.26 Å². The van der Waals surface area contributed by atoms with E-state index in [0.717, 1.165) is 24.4 Å². The van der Waals surface area contributed by atoms with E-state index in [1.165, 1.54) is 0 Å². The number of rotatable bonds is 3. The van der Waals surface area contributed by atoms with Gasteiger partial charge in [0.2, 0.25) is 0 Å². The minimum atomic E-state index is 0.333. The fourth-order valence-electron chi connectivity index (χ4n) is 1.26. The maximum atomic E-state index is 8.60. The van der Waals surface area contributed by atoms with Crippen LogP contribution in [0.2, 0.25) is 5.02 Å². The fraction of sp³-hybridized carbons (Fsp3) is 0.556. The van der Waals surface area contributed by atoms with Crippen molar-refractivity contribution in [3.8, 4) is 6.07 Å². The second-order valence-electron chi connectivity index (χ2n) is 2.71. The molecule has 1 aromatic heterocycles. The molecule has 0 aliphatic rings. The quantitative estimate of drug-likeness (QED) is 0.746. The van der Waals surface area contributed by atoms with E-state index in [2.05, 4.69) is 11.2 Å². The van der Waals surface area contributed by atoms with Gasteiger partial charge in [-0.25, -0.2) is 0 Å². The van der Waals surface area contributed by atoms with Crippen molar-refractivity contribution in [2.75, 3.05) is 0 Å². The predicted octanol–water partition coefficient (Wildman–Crippen LogP) is 2.18. The summed E-state index contributed by atoms with van der Waals surface area (Å²) >= 11 is 6.05. The molecule has 0 aliphatic carbocycles. The zero-order valence-corrected chi connectivity index (χ0v) is 8.60. The van der Waals surface area contributed by atoms with E-state index in [0.29, 0.717) is 11.4 Å². The van der Waals surface area contributed by atoms with E-state index >= 15 is 0 Å². The number of nitrogens with zero attached hydrogens (tertiary/aromatic N) is 3. The summed E-state index contributed by atoms with van der Waals surface area (Å²) in [6.45, 7) is 4.75. The van der Waals surface area contributed by atoms with Crippen LogP contribution in [0.15, 0.2) is 0 Å². The van der Waals surface area contributed by atoms with Gasteiger partial charge in [0.05, 0.1) is 28.9 Å². The normalized spacial score (nSPS) is 10.0. The molecule has 0 spiro atoms. The maximum absolute atomic E-state index is 8.60. The van der Waals surface area contributed by atoms with Gasteiger partial charge in [0.1, 0.15) is 0 Å². The van der Waals surface area contributed by atoms with E-state index in [4.69, 9.17) is 16.9 Å². The molecular formula is C9H12ClN3. The van der Waals surface area contributed by atoms with Crippen molar-refractivity contribution in [3.05, 3.63) is 16.4 Å². The first-order chi connectivity index (χ1) is 6.24. The first-order valence-electron chi connectivity index (χ1n) is 4.35. The third-order valence-corrected chi connectivity index (χ3v) is 2.38. The SMILES string of the molecule is CCc1nn(CC)c(CC#N)c1Cl. The minimum Gasteiger partial charge on any atom is -0.267 e. The van der Waals surface area contributed by atoms with Crippen LogP contribution in [0.3, 0.4) is 0 Å². The Morgan fingerprint density at radius 2 is 2.23 bits per heavy atom. The first-order valence-corrected chi connectivity index (χ1v) is 4.73. The van der Waals surface area contributed by atoms with Gasteiger partial charge in [0.25, 0.3) is 0 Å². The average molecular weight is 198 g/mol. The molecule has 0 aliphatic heterocycles. The highest BCUT2D eigenvalue weighted by molar-refractivity contribution is 6.31. The molecule has 4 heteroatoms.